The van der Waals surface area contributed by atoms with Gasteiger partial charge in [-0.2, -0.15) is 0 Å². The number of pyridine rings is 1. The molecule has 0 aliphatic heterocycles. The third kappa shape index (κ3) is 6.09. The molecule has 0 aliphatic rings. The predicted octanol–water partition coefficient (Wildman–Crippen LogP) is 2.45. The summed E-state index contributed by atoms with van der Waals surface area (Å²) >= 11 is 0. The minimum Gasteiger partial charge on any atom is -0.857 e. The predicted molar refractivity (Wildman–Crippen MR) is 112 cm³/mol. The number of aliphatic imine (C=N–C) groups is 2. The first-order valence-electron chi connectivity index (χ1n) is 9.45. The van der Waals surface area contributed by atoms with E-state index in [1.807, 2.05) is 42.5 Å². The normalized spacial score (nSPS) is 12.9. The largest absolute Gasteiger partial charge is 2.00 e. The van der Waals surface area contributed by atoms with E-state index in [1.54, 1.807) is 30.3 Å². The van der Waals surface area contributed by atoms with Crippen molar-refractivity contribution in [3.8, 4) is 0 Å². The van der Waals surface area contributed by atoms with Crippen molar-refractivity contribution in [2.75, 3.05) is 0 Å². The van der Waals surface area contributed by atoms with Crippen LogP contribution in [-0.4, -0.2) is 23.1 Å². The fraction of sp³-hybridized carbons (Fsp3) is 0.167. The summed E-state index contributed by atoms with van der Waals surface area (Å²) in [6.45, 7) is 3.05. The first-order valence-corrected chi connectivity index (χ1v) is 9.45. The Morgan fingerprint density at radius 1 is 0.968 bits per heavy atom. The molecule has 0 amide bonds. The minimum atomic E-state index is -1.25. The second kappa shape index (κ2) is 10.6. The van der Waals surface area contributed by atoms with Crippen LogP contribution in [0.4, 0.5) is 5.69 Å². The number of carboxylic acids is 1. The Labute approximate surface area is 191 Å². The molecule has 0 saturated carbocycles. The Bertz CT molecular complexity index is 1070. The Morgan fingerprint density at radius 3 is 2.26 bits per heavy atom. The van der Waals surface area contributed by atoms with E-state index in [0.29, 0.717) is 11.3 Å². The zero-order chi connectivity index (χ0) is 21.6. The maximum absolute atomic E-state index is 12.6. The van der Waals surface area contributed by atoms with Crippen molar-refractivity contribution in [1.82, 2.24) is 4.98 Å². The van der Waals surface area contributed by atoms with Gasteiger partial charge >= 0.3 is 16.5 Å². The summed E-state index contributed by atoms with van der Waals surface area (Å²) in [5, 5.41) is 24.0. The Kier molecular flexibility index (Phi) is 8.23. The van der Waals surface area contributed by atoms with Crippen LogP contribution < -0.4 is 10.2 Å². The summed E-state index contributed by atoms with van der Waals surface area (Å²) < 4.78 is 0. The molecule has 0 saturated heterocycles. The van der Waals surface area contributed by atoms with Crippen LogP contribution in [0.2, 0.25) is 0 Å². The molecule has 0 spiro atoms. The monoisotopic (exact) mass is 457 g/mol. The van der Waals surface area contributed by atoms with Crippen LogP contribution in [0.15, 0.2) is 89.0 Å². The Hall–Kier alpha value is -3.31. The molecule has 160 valence electrons. The van der Waals surface area contributed by atoms with Gasteiger partial charge < -0.3 is 15.0 Å². The quantitative estimate of drug-likeness (QED) is 0.309. The van der Waals surface area contributed by atoms with Gasteiger partial charge in [0.2, 0.25) is 0 Å². The summed E-state index contributed by atoms with van der Waals surface area (Å²) in [5.41, 5.74) is 0.966. The number of aromatic nitrogens is 1. The number of benzene rings is 2. The van der Waals surface area contributed by atoms with E-state index in [4.69, 9.17) is 0 Å². The molecular weight excluding hydrogens is 437 g/mol. The van der Waals surface area contributed by atoms with E-state index < -0.39 is 23.3 Å². The summed E-state index contributed by atoms with van der Waals surface area (Å²) in [7, 11) is 0. The number of carbonyl (C=O) groups is 1. The molecule has 0 radical (unpaired) electrons. The van der Waals surface area contributed by atoms with Crippen LogP contribution in [-0.2, 0) is 21.3 Å². The number of carboxylic acid groups (broad SMARTS) is 1. The summed E-state index contributed by atoms with van der Waals surface area (Å²) in [6.07, 6.45) is 2.91. The van der Waals surface area contributed by atoms with E-state index in [-0.39, 0.29) is 22.2 Å². The van der Waals surface area contributed by atoms with Crippen LogP contribution in [0.1, 0.15) is 36.7 Å². The number of hydrogen-bond acceptors (Lipinski definition) is 6. The standard InChI is InChI=1S/C24H23N3O3.Ni/c1-24(2,23(29)30)16-26-21(17-10-4-3-5-11-17)18-12-6-7-13-19(18)27-22(28)20-14-8-9-15-25-20;/h3-16,21H,1-2H3,(H,27,28)(H,29,30);/q;+2/p-2. The second-order valence-electron chi connectivity index (χ2n) is 7.29. The summed E-state index contributed by atoms with van der Waals surface area (Å²) in [5.74, 6) is -1.68. The molecule has 3 aromatic rings. The van der Waals surface area contributed by atoms with E-state index >= 15 is 0 Å². The molecule has 0 fully saturated rings. The van der Waals surface area contributed by atoms with Crippen LogP contribution in [0, 0.1) is 5.41 Å². The maximum atomic E-state index is 12.6. The van der Waals surface area contributed by atoms with Crippen molar-refractivity contribution < 1.29 is 31.5 Å². The first kappa shape index (κ1) is 24.0. The van der Waals surface area contributed by atoms with Gasteiger partial charge in [0.1, 0.15) is 6.04 Å². The van der Waals surface area contributed by atoms with Crippen molar-refractivity contribution >= 4 is 23.8 Å². The van der Waals surface area contributed by atoms with E-state index in [1.165, 1.54) is 26.3 Å². The van der Waals surface area contributed by atoms with Gasteiger partial charge in [-0.3, -0.25) is 15.0 Å². The van der Waals surface area contributed by atoms with Gasteiger partial charge in [0.15, 0.2) is 0 Å². The topological polar surface area (TPSA) is 101 Å². The Balaban J connectivity index is 0.00000341. The number of hydrogen-bond donors (Lipinski definition) is 0. The zero-order valence-corrected chi connectivity index (χ0v) is 18.0. The number of rotatable bonds is 7. The molecule has 0 aliphatic carbocycles. The van der Waals surface area contributed by atoms with Crippen molar-refractivity contribution in [3.63, 3.8) is 0 Å². The van der Waals surface area contributed by atoms with Gasteiger partial charge in [0.05, 0.1) is 17.4 Å². The molecular formula is C24H21N3NiO3. The zero-order valence-electron chi connectivity index (χ0n) is 17.0. The van der Waals surface area contributed by atoms with Gasteiger partial charge in [-0.1, -0.05) is 54.6 Å². The van der Waals surface area contributed by atoms with Crippen molar-refractivity contribution in [3.05, 3.63) is 95.8 Å². The SMILES string of the molecule is CC(C)(C=NC(c1ccccc1)c1ccccc1N=C([O-])c1ccccn1)C(=O)[O-].[Ni+2]. The van der Waals surface area contributed by atoms with Gasteiger partial charge in [-0.25, -0.2) is 0 Å². The Morgan fingerprint density at radius 2 is 1.61 bits per heavy atom. The molecule has 3 rings (SSSR count). The second-order valence-corrected chi connectivity index (χ2v) is 7.29. The van der Waals surface area contributed by atoms with E-state index in [2.05, 4.69) is 15.0 Å². The van der Waals surface area contributed by atoms with Gasteiger partial charge in [0, 0.05) is 29.3 Å². The first-order chi connectivity index (χ1) is 14.4. The average molecular weight is 458 g/mol. The molecule has 0 N–H and O–H groups in total. The van der Waals surface area contributed by atoms with Gasteiger partial charge in [-0.15, -0.1) is 0 Å². The molecule has 1 aromatic heterocycles. The molecule has 1 heterocycles. The smallest absolute Gasteiger partial charge is 0.857 e. The number of nitrogens with zero attached hydrogens (tertiary/aromatic N) is 3. The van der Waals surface area contributed by atoms with E-state index in [0.717, 1.165) is 5.56 Å². The molecule has 2 aromatic carbocycles. The fourth-order valence-corrected chi connectivity index (χ4v) is 2.77. The molecule has 1 atom stereocenters. The van der Waals surface area contributed by atoms with Crippen molar-refractivity contribution in [2.24, 2.45) is 15.4 Å². The number of aliphatic carboxylic acids is 1. The van der Waals surface area contributed by atoms with Gasteiger partial charge in [0.25, 0.3) is 0 Å². The molecule has 1 unspecified atom stereocenters. The number of para-hydroxylation sites is 1. The number of carbonyl (C=O) groups excluding carboxylic acids is 1. The van der Waals surface area contributed by atoms with Crippen LogP contribution in [0.3, 0.4) is 0 Å². The molecule has 31 heavy (non-hydrogen) atoms. The van der Waals surface area contributed by atoms with Crippen LogP contribution in [0.25, 0.3) is 0 Å². The maximum Gasteiger partial charge on any atom is 2.00 e. The molecule has 7 heteroatoms. The van der Waals surface area contributed by atoms with Crippen LogP contribution in [0.5, 0.6) is 0 Å². The van der Waals surface area contributed by atoms with Crippen LogP contribution >= 0.6 is 0 Å². The molecule has 6 nitrogen and oxygen atoms in total. The summed E-state index contributed by atoms with van der Waals surface area (Å²) in [6, 6.07) is 21.1. The summed E-state index contributed by atoms with van der Waals surface area (Å²) in [4.78, 5) is 24.3. The minimum absolute atomic E-state index is 0. The van der Waals surface area contributed by atoms with Crippen molar-refractivity contribution in [2.45, 2.75) is 19.9 Å². The average Bonchev–Trinajstić information content (AvgIpc) is 2.76. The van der Waals surface area contributed by atoms with Crippen molar-refractivity contribution in [1.29, 1.82) is 0 Å². The van der Waals surface area contributed by atoms with Gasteiger partial charge in [-0.05, 0) is 37.6 Å². The molecule has 0 bridgehead atoms. The van der Waals surface area contributed by atoms with E-state index in [9.17, 15) is 15.0 Å². The third-order valence-corrected chi connectivity index (χ3v) is 4.53. The fourth-order valence-electron chi connectivity index (χ4n) is 2.77. The third-order valence-electron chi connectivity index (χ3n) is 4.53.